The molecule has 2 amide bonds. The number of hydrogen-bond acceptors (Lipinski definition) is 2. The Kier molecular flexibility index (Phi) is 3.16. The van der Waals surface area contributed by atoms with Gasteiger partial charge < -0.3 is 4.98 Å². The first kappa shape index (κ1) is 15.1. The van der Waals surface area contributed by atoms with Crippen LogP contribution in [0.1, 0.15) is 36.0 Å². The van der Waals surface area contributed by atoms with Crippen LogP contribution < -0.4 is 10.9 Å². The van der Waals surface area contributed by atoms with Crippen molar-refractivity contribution in [1.29, 1.82) is 0 Å². The van der Waals surface area contributed by atoms with Crippen molar-refractivity contribution in [2.24, 2.45) is 11.3 Å². The van der Waals surface area contributed by atoms with Crippen LogP contribution in [0.15, 0.2) is 30.5 Å². The van der Waals surface area contributed by atoms with Crippen molar-refractivity contribution in [3.63, 3.8) is 0 Å². The minimum absolute atomic E-state index is 0.119. The van der Waals surface area contributed by atoms with E-state index in [-0.39, 0.29) is 30.1 Å². The van der Waals surface area contributed by atoms with E-state index in [4.69, 9.17) is 0 Å². The Labute approximate surface area is 136 Å². The summed E-state index contributed by atoms with van der Waals surface area (Å²) in [5.41, 5.74) is 5.69. The average molecular weight is 333 g/mol. The van der Waals surface area contributed by atoms with Gasteiger partial charge in [0.1, 0.15) is 0 Å². The van der Waals surface area contributed by atoms with Crippen LogP contribution in [0, 0.1) is 11.3 Å². The molecule has 0 aliphatic heterocycles. The van der Waals surface area contributed by atoms with Crippen LogP contribution in [0.4, 0.5) is 8.78 Å². The highest BCUT2D eigenvalue weighted by atomic mass is 19.3. The lowest BCUT2D eigenvalue weighted by atomic mass is 9.50. The number of fused-ring (bicyclic) bond motifs is 1. The smallest absolute Gasteiger partial charge is 0.269 e. The summed E-state index contributed by atoms with van der Waals surface area (Å²) in [4.78, 5) is 27.1. The molecule has 1 heterocycles. The fourth-order valence-electron chi connectivity index (χ4n) is 3.99. The summed E-state index contributed by atoms with van der Waals surface area (Å²) in [6, 6.07) is 7.09. The van der Waals surface area contributed by atoms with Gasteiger partial charge in [0, 0.05) is 36.0 Å². The van der Waals surface area contributed by atoms with Gasteiger partial charge in [0.25, 0.3) is 5.91 Å². The maximum absolute atomic E-state index is 13.0. The Bertz CT molecular complexity index is 814. The lowest BCUT2D eigenvalue weighted by Gasteiger charge is -2.56. The molecular weight excluding hydrogens is 316 g/mol. The molecule has 2 aromatic rings. The number of halogens is 2. The molecule has 24 heavy (non-hydrogen) atoms. The number of aromatic amines is 1. The summed E-state index contributed by atoms with van der Waals surface area (Å²) in [6.45, 7) is 0. The minimum atomic E-state index is -2.56. The van der Waals surface area contributed by atoms with Crippen molar-refractivity contribution >= 4 is 22.7 Å². The van der Waals surface area contributed by atoms with Crippen molar-refractivity contribution < 1.29 is 18.4 Å². The maximum atomic E-state index is 13.0. The third-order valence-corrected chi connectivity index (χ3v) is 5.11. The van der Waals surface area contributed by atoms with Gasteiger partial charge >= 0.3 is 0 Å². The molecule has 126 valence electrons. The highest BCUT2D eigenvalue weighted by molar-refractivity contribution is 5.98. The molecule has 2 fully saturated rings. The molecule has 1 aromatic heterocycles. The molecule has 0 atom stereocenters. The van der Waals surface area contributed by atoms with E-state index in [2.05, 4.69) is 15.8 Å². The zero-order chi connectivity index (χ0) is 16.9. The Hall–Kier alpha value is -2.44. The van der Waals surface area contributed by atoms with Gasteiger partial charge in [-0.25, -0.2) is 8.78 Å². The van der Waals surface area contributed by atoms with E-state index in [0.717, 1.165) is 10.9 Å². The zero-order valence-electron chi connectivity index (χ0n) is 12.9. The number of carbonyl (C=O) groups is 2. The molecule has 2 aliphatic rings. The second-order valence-electron chi connectivity index (χ2n) is 7.04. The van der Waals surface area contributed by atoms with E-state index in [1.807, 2.05) is 12.1 Å². The van der Waals surface area contributed by atoms with Gasteiger partial charge in [0.2, 0.25) is 11.8 Å². The van der Waals surface area contributed by atoms with Gasteiger partial charge in [-0.15, -0.1) is 0 Å². The molecule has 0 radical (unpaired) electrons. The first-order valence-electron chi connectivity index (χ1n) is 7.91. The van der Waals surface area contributed by atoms with Crippen molar-refractivity contribution in [2.75, 3.05) is 0 Å². The molecule has 7 heteroatoms. The van der Waals surface area contributed by atoms with E-state index in [9.17, 15) is 18.4 Å². The van der Waals surface area contributed by atoms with Gasteiger partial charge in [-0.05, 0) is 41.8 Å². The van der Waals surface area contributed by atoms with E-state index in [1.165, 1.54) is 0 Å². The molecular formula is C17H17F2N3O2. The van der Waals surface area contributed by atoms with Crippen LogP contribution >= 0.6 is 0 Å². The van der Waals surface area contributed by atoms with Crippen LogP contribution in [0.5, 0.6) is 0 Å². The number of aromatic nitrogens is 1. The molecule has 3 N–H and O–H groups in total. The normalized spacial score (nSPS) is 21.1. The summed E-state index contributed by atoms with van der Waals surface area (Å²) in [7, 11) is 0. The quantitative estimate of drug-likeness (QED) is 0.739. The Morgan fingerprint density at radius 2 is 1.88 bits per heavy atom. The van der Waals surface area contributed by atoms with Crippen LogP contribution in [0.3, 0.4) is 0 Å². The number of carbonyl (C=O) groups excluding carboxylic acids is 2. The predicted molar refractivity (Wildman–Crippen MR) is 83.2 cm³/mol. The standard InChI is InChI=1S/C17H17F2N3O2/c18-17(19)8-16(9-17)6-12(7-16)15(24)22-21-14(23)11-2-1-10-3-4-20-13(10)5-11/h1-5,12,20H,6-9H2,(H,21,23)(H,22,24). The van der Waals surface area contributed by atoms with Crippen LogP contribution in [0.25, 0.3) is 10.9 Å². The van der Waals surface area contributed by atoms with Crippen LogP contribution in [-0.2, 0) is 4.79 Å². The molecule has 0 unspecified atom stereocenters. The molecule has 2 saturated carbocycles. The fraction of sp³-hybridized carbons (Fsp3) is 0.412. The molecule has 1 aromatic carbocycles. The van der Waals surface area contributed by atoms with Crippen molar-refractivity contribution in [3.05, 3.63) is 36.0 Å². The van der Waals surface area contributed by atoms with Crippen molar-refractivity contribution in [1.82, 2.24) is 15.8 Å². The van der Waals surface area contributed by atoms with Gasteiger partial charge in [-0.3, -0.25) is 20.4 Å². The number of amides is 2. The van der Waals surface area contributed by atoms with E-state index < -0.39 is 11.8 Å². The summed E-state index contributed by atoms with van der Waals surface area (Å²) >= 11 is 0. The Morgan fingerprint density at radius 1 is 1.12 bits per heavy atom. The van der Waals surface area contributed by atoms with E-state index in [0.29, 0.717) is 18.4 Å². The zero-order valence-corrected chi connectivity index (χ0v) is 12.9. The summed E-state index contributed by atoms with van der Waals surface area (Å²) in [6.07, 6.45) is 2.49. The second kappa shape index (κ2) is 5.03. The number of rotatable bonds is 2. The number of hydrogen-bond donors (Lipinski definition) is 3. The first-order valence-corrected chi connectivity index (χ1v) is 7.91. The molecule has 0 saturated heterocycles. The molecule has 1 spiro atoms. The van der Waals surface area contributed by atoms with Gasteiger partial charge in [-0.1, -0.05) is 6.07 Å². The lowest BCUT2D eigenvalue weighted by molar-refractivity contribution is -0.207. The predicted octanol–water partition coefficient (Wildman–Crippen LogP) is 2.75. The number of nitrogens with one attached hydrogen (secondary N) is 3. The number of hydrazine groups is 1. The third kappa shape index (κ3) is 2.53. The SMILES string of the molecule is O=C(NNC(=O)C1CC2(C1)CC(F)(F)C2)c1ccc2cc[nH]c2c1. The molecule has 4 rings (SSSR count). The van der Waals surface area contributed by atoms with Gasteiger partial charge in [0.05, 0.1) is 0 Å². The average Bonchev–Trinajstić information content (AvgIpc) is 2.94. The van der Waals surface area contributed by atoms with Crippen molar-refractivity contribution in [3.8, 4) is 0 Å². The summed E-state index contributed by atoms with van der Waals surface area (Å²) in [5.74, 6) is -3.59. The maximum Gasteiger partial charge on any atom is 0.269 e. The topological polar surface area (TPSA) is 74.0 Å². The summed E-state index contributed by atoms with van der Waals surface area (Å²) in [5, 5.41) is 0.993. The highest BCUT2D eigenvalue weighted by Crippen LogP contribution is 2.64. The van der Waals surface area contributed by atoms with Crippen LogP contribution in [-0.4, -0.2) is 22.7 Å². The van der Waals surface area contributed by atoms with Gasteiger partial charge in [-0.2, -0.15) is 0 Å². The summed E-state index contributed by atoms with van der Waals surface area (Å²) < 4.78 is 25.9. The lowest BCUT2D eigenvalue weighted by Crippen LogP contribution is -2.58. The Morgan fingerprint density at radius 3 is 2.58 bits per heavy atom. The number of alkyl halides is 2. The first-order chi connectivity index (χ1) is 11.4. The number of benzene rings is 1. The minimum Gasteiger partial charge on any atom is -0.361 e. The van der Waals surface area contributed by atoms with Gasteiger partial charge in [0.15, 0.2) is 0 Å². The molecule has 2 aliphatic carbocycles. The highest BCUT2D eigenvalue weighted by Gasteiger charge is 2.62. The fourth-order valence-corrected chi connectivity index (χ4v) is 3.99. The van der Waals surface area contributed by atoms with Crippen LogP contribution in [0.2, 0.25) is 0 Å². The molecule has 0 bridgehead atoms. The van der Waals surface area contributed by atoms with Crippen molar-refractivity contribution in [2.45, 2.75) is 31.6 Å². The monoisotopic (exact) mass is 333 g/mol. The largest absolute Gasteiger partial charge is 0.361 e. The molecule has 5 nitrogen and oxygen atoms in total. The van der Waals surface area contributed by atoms with E-state index >= 15 is 0 Å². The Balaban J connectivity index is 1.29. The second-order valence-corrected chi connectivity index (χ2v) is 7.04. The third-order valence-electron chi connectivity index (χ3n) is 5.11. The number of H-pyrrole nitrogens is 1. The van der Waals surface area contributed by atoms with E-state index in [1.54, 1.807) is 18.3 Å².